The lowest BCUT2D eigenvalue weighted by molar-refractivity contribution is 0.0994. The van der Waals surface area contributed by atoms with Gasteiger partial charge in [-0.05, 0) is 29.8 Å². The average Bonchev–Trinajstić information content (AvgIpc) is 2.32. The second kappa shape index (κ2) is 5.42. The number of carbonyl (C=O) groups excluding carboxylic acids is 1. The van der Waals surface area contributed by atoms with E-state index in [0.29, 0.717) is 21.3 Å². The SMILES string of the molecule is Nc1cc(Cl)ccc1C(=O)Cc1ccccc1Cl. The summed E-state index contributed by atoms with van der Waals surface area (Å²) < 4.78 is 0. The van der Waals surface area contributed by atoms with Crippen LogP contribution in [0.3, 0.4) is 0 Å². The van der Waals surface area contributed by atoms with Gasteiger partial charge in [-0.25, -0.2) is 0 Å². The molecule has 92 valence electrons. The molecule has 0 fully saturated rings. The molecule has 0 saturated heterocycles. The minimum absolute atomic E-state index is 0.0720. The predicted molar refractivity (Wildman–Crippen MR) is 75.4 cm³/mol. The number of nitrogens with two attached hydrogens (primary N) is 1. The number of ketones is 1. The molecule has 0 heterocycles. The van der Waals surface area contributed by atoms with Crippen molar-refractivity contribution in [2.75, 3.05) is 5.73 Å². The molecule has 0 saturated carbocycles. The lowest BCUT2D eigenvalue weighted by Gasteiger charge is -2.06. The highest BCUT2D eigenvalue weighted by atomic mass is 35.5. The van der Waals surface area contributed by atoms with E-state index in [1.807, 2.05) is 18.2 Å². The van der Waals surface area contributed by atoms with Crippen LogP contribution < -0.4 is 5.73 Å². The smallest absolute Gasteiger partial charge is 0.169 e. The van der Waals surface area contributed by atoms with E-state index in [0.717, 1.165) is 5.56 Å². The molecule has 0 atom stereocenters. The summed E-state index contributed by atoms with van der Waals surface area (Å²) in [4.78, 5) is 12.1. The Morgan fingerprint density at radius 1 is 1.11 bits per heavy atom. The molecule has 0 aliphatic rings. The average molecular weight is 280 g/mol. The van der Waals surface area contributed by atoms with E-state index in [4.69, 9.17) is 28.9 Å². The molecule has 0 amide bonds. The van der Waals surface area contributed by atoms with Crippen LogP contribution in [0.25, 0.3) is 0 Å². The number of benzene rings is 2. The summed E-state index contributed by atoms with van der Waals surface area (Å²) >= 11 is 11.8. The van der Waals surface area contributed by atoms with Crippen molar-refractivity contribution in [3.63, 3.8) is 0 Å². The molecule has 2 N–H and O–H groups in total. The fourth-order valence-corrected chi connectivity index (χ4v) is 2.08. The molecule has 0 aliphatic carbocycles. The summed E-state index contributed by atoms with van der Waals surface area (Å²) in [6, 6.07) is 12.1. The number of Topliss-reactive ketones (excluding diaryl/α,β-unsaturated/α-hetero) is 1. The van der Waals surface area contributed by atoms with Crippen LogP contribution in [0, 0.1) is 0 Å². The Kier molecular flexibility index (Phi) is 3.90. The zero-order valence-electron chi connectivity index (χ0n) is 9.49. The molecular formula is C14H11Cl2NO. The van der Waals surface area contributed by atoms with Crippen molar-refractivity contribution in [1.29, 1.82) is 0 Å². The molecule has 0 aromatic heterocycles. The van der Waals surface area contributed by atoms with Gasteiger partial charge in [0.15, 0.2) is 5.78 Å². The molecule has 2 rings (SSSR count). The highest BCUT2D eigenvalue weighted by Gasteiger charge is 2.12. The molecule has 2 aromatic rings. The van der Waals surface area contributed by atoms with E-state index in [9.17, 15) is 4.79 Å². The first-order valence-corrected chi connectivity index (χ1v) is 6.15. The van der Waals surface area contributed by atoms with E-state index in [-0.39, 0.29) is 12.2 Å². The zero-order chi connectivity index (χ0) is 13.1. The van der Waals surface area contributed by atoms with Gasteiger partial charge in [0.1, 0.15) is 0 Å². The monoisotopic (exact) mass is 279 g/mol. The quantitative estimate of drug-likeness (QED) is 0.682. The molecule has 0 spiro atoms. The first kappa shape index (κ1) is 12.9. The molecule has 0 radical (unpaired) electrons. The molecule has 2 nitrogen and oxygen atoms in total. The van der Waals surface area contributed by atoms with Crippen molar-refractivity contribution in [2.24, 2.45) is 0 Å². The van der Waals surface area contributed by atoms with E-state index in [1.54, 1.807) is 24.3 Å². The zero-order valence-corrected chi connectivity index (χ0v) is 11.0. The number of hydrogen-bond donors (Lipinski definition) is 1. The molecule has 0 bridgehead atoms. The number of hydrogen-bond acceptors (Lipinski definition) is 2. The number of anilines is 1. The summed E-state index contributed by atoms with van der Waals surface area (Å²) in [6.45, 7) is 0. The van der Waals surface area contributed by atoms with Crippen LogP contribution in [0.1, 0.15) is 15.9 Å². The van der Waals surface area contributed by atoms with Gasteiger partial charge in [0.25, 0.3) is 0 Å². The van der Waals surface area contributed by atoms with Crippen LogP contribution in [0.15, 0.2) is 42.5 Å². The van der Waals surface area contributed by atoms with Crippen LogP contribution in [-0.2, 0) is 6.42 Å². The van der Waals surface area contributed by atoms with Gasteiger partial charge in [-0.3, -0.25) is 4.79 Å². The third-order valence-electron chi connectivity index (χ3n) is 2.62. The Bertz CT molecular complexity index is 596. The van der Waals surface area contributed by atoms with E-state index in [1.165, 1.54) is 0 Å². The predicted octanol–water partition coefficient (Wildman–Crippen LogP) is 4.00. The van der Waals surface area contributed by atoms with Crippen LogP contribution in [-0.4, -0.2) is 5.78 Å². The Morgan fingerprint density at radius 3 is 2.50 bits per heavy atom. The largest absolute Gasteiger partial charge is 0.398 e. The second-order valence-corrected chi connectivity index (χ2v) is 4.77. The van der Waals surface area contributed by atoms with E-state index >= 15 is 0 Å². The van der Waals surface area contributed by atoms with Gasteiger partial charge in [0, 0.05) is 27.7 Å². The Hall–Kier alpha value is -1.51. The van der Waals surface area contributed by atoms with Crippen molar-refractivity contribution in [3.8, 4) is 0 Å². The number of carbonyl (C=O) groups is 1. The van der Waals surface area contributed by atoms with Gasteiger partial charge in [-0.2, -0.15) is 0 Å². The first-order valence-electron chi connectivity index (χ1n) is 5.39. The summed E-state index contributed by atoms with van der Waals surface area (Å²) in [6.07, 6.45) is 0.228. The lowest BCUT2D eigenvalue weighted by atomic mass is 10.0. The van der Waals surface area contributed by atoms with Gasteiger partial charge < -0.3 is 5.73 Å². The first-order chi connectivity index (χ1) is 8.58. The normalized spacial score (nSPS) is 10.3. The van der Waals surface area contributed by atoms with Crippen LogP contribution in [0.4, 0.5) is 5.69 Å². The van der Waals surface area contributed by atoms with E-state index in [2.05, 4.69) is 0 Å². The number of nitrogen functional groups attached to an aromatic ring is 1. The lowest BCUT2D eigenvalue weighted by Crippen LogP contribution is -2.07. The Balaban J connectivity index is 2.25. The molecule has 18 heavy (non-hydrogen) atoms. The Morgan fingerprint density at radius 2 is 1.83 bits per heavy atom. The highest BCUT2D eigenvalue weighted by Crippen LogP contribution is 2.22. The molecule has 0 aliphatic heterocycles. The molecular weight excluding hydrogens is 269 g/mol. The fourth-order valence-electron chi connectivity index (χ4n) is 1.70. The highest BCUT2D eigenvalue weighted by molar-refractivity contribution is 6.32. The standard InChI is InChI=1S/C14H11Cl2NO/c15-10-5-6-11(13(17)8-10)14(18)7-9-3-1-2-4-12(9)16/h1-6,8H,7,17H2. The third-order valence-corrected chi connectivity index (χ3v) is 3.23. The Labute approximate surface area is 115 Å². The summed E-state index contributed by atoms with van der Waals surface area (Å²) in [7, 11) is 0. The van der Waals surface area contributed by atoms with Gasteiger partial charge >= 0.3 is 0 Å². The topological polar surface area (TPSA) is 43.1 Å². The molecule has 4 heteroatoms. The van der Waals surface area contributed by atoms with Crippen LogP contribution >= 0.6 is 23.2 Å². The van der Waals surface area contributed by atoms with Crippen molar-refractivity contribution in [2.45, 2.75) is 6.42 Å². The second-order valence-electron chi connectivity index (χ2n) is 3.92. The molecule has 0 unspecified atom stereocenters. The summed E-state index contributed by atoms with van der Waals surface area (Å²) in [5.41, 5.74) is 7.43. The van der Waals surface area contributed by atoms with Gasteiger partial charge in [0.05, 0.1) is 0 Å². The maximum Gasteiger partial charge on any atom is 0.169 e. The van der Waals surface area contributed by atoms with Gasteiger partial charge in [-0.1, -0.05) is 41.4 Å². The third kappa shape index (κ3) is 2.84. The fraction of sp³-hybridized carbons (Fsp3) is 0.0714. The van der Waals surface area contributed by atoms with Crippen LogP contribution in [0.5, 0.6) is 0 Å². The minimum Gasteiger partial charge on any atom is -0.398 e. The summed E-state index contributed by atoms with van der Waals surface area (Å²) in [5, 5.41) is 1.10. The van der Waals surface area contributed by atoms with Gasteiger partial charge in [0.2, 0.25) is 0 Å². The van der Waals surface area contributed by atoms with Crippen molar-refractivity contribution in [1.82, 2.24) is 0 Å². The van der Waals surface area contributed by atoms with E-state index < -0.39 is 0 Å². The maximum atomic E-state index is 12.1. The van der Waals surface area contributed by atoms with Crippen molar-refractivity contribution >= 4 is 34.7 Å². The number of halogens is 2. The number of rotatable bonds is 3. The van der Waals surface area contributed by atoms with Gasteiger partial charge in [-0.15, -0.1) is 0 Å². The molecule has 2 aromatic carbocycles. The van der Waals surface area contributed by atoms with Crippen LogP contribution in [0.2, 0.25) is 10.0 Å². The maximum absolute atomic E-state index is 12.1. The minimum atomic E-state index is -0.0720. The summed E-state index contributed by atoms with van der Waals surface area (Å²) in [5.74, 6) is -0.0720. The van der Waals surface area contributed by atoms with Crippen molar-refractivity contribution in [3.05, 3.63) is 63.6 Å². The van der Waals surface area contributed by atoms with Crippen molar-refractivity contribution < 1.29 is 4.79 Å².